The molecule has 0 bridgehead atoms. The predicted molar refractivity (Wildman–Crippen MR) is 158 cm³/mol. The number of carbonyl (C=O) groups is 1. The molecule has 1 unspecified atom stereocenters. The number of nitrogens with zero attached hydrogens (tertiary/aromatic N) is 1. The zero-order valence-electron chi connectivity index (χ0n) is 24.2. The molecule has 2 heterocycles. The average molecular weight is 603 g/mol. The molecule has 0 saturated carbocycles. The van der Waals surface area contributed by atoms with Gasteiger partial charge >= 0.3 is 226 Å². The Kier molecular flexibility index (Phi) is 10.8. The average Bonchev–Trinajstić information content (AvgIpc) is 3.51. The standard InChI is InChI=1S/C19H25N2O2.3C4H9.Sn/c1-13(16-9-7-11-20-16)15-12-21(18(22)23-19(2,3)4)17-10-6-5-8-14(15)17;3*1-3-4-2;/h6,8,10,12-13,16,20H,7,9,11H2,1-4H3;3*1,3-4H2,2H3;/t13?,16-;;;;/m1..../s1. The van der Waals surface area contributed by atoms with E-state index < -0.39 is 24.0 Å². The molecule has 3 rings (SSSR count). The summed E-state index contributed by atoms with van der Waals surface area (Å²) in [5, 5.41) is 5.00. The van der Waals surface area contributed by atoms with Crippen LogP contribution in [0.2, 0.25) is 13.3 Å². The zero-order chi connectivity index (χ0) is 26.3. The van der Waals surface area contributed by atoms with Crippen LogP contribution in [0.25, 0.3) is 10.9 Å². The van der Waals surface area contributed by atoms with Crippen LogP contribution in [-0.4, -0.2) is 47.2 Å². The van der Waals surface area contributed by atoms with Gasteiger partial charge in [-0.25, -0.2) is 0 Å². The van der Waals surface area contributed by atoms with Crippen LogP contribution in [-0.2, 0) is 4.74 Å². The molecule has 2 atom stereocenters. The number of aromatic nitrogens is 1. The number of unbranched alkanes of at least 4 members (excludes halogenated alkanes) is 3. The molecule has 1 aromatic carbocycles. The second-order valence-corrected chi connectivity index (χ2v) is 25.5. The van der Waals surface area contributed by atoms with Crippen molar-refractivity contribution < 1.29 is 9.53 Å². The first-order valence-corrected chi connectivity index (χ1v) is 22.3. The van der Waals surface area contributed by atoms with Crippen LogP contribution in [0.1, 0.15) is 111 Å². The van der Waals surface area contributed by atoms with E-state index in [1.165, 1.54) is 75.6 Å². The second kappa shape index (κ2) is 13.2. The third-order valence-corrected chi connectivity index (χ3v) is 23.9. The molecule has 5 heteroatoms. The molecule has 0 spiro atoms. The first kappa shape index (κ1) is 29.5. The number of fused-ring (bicyclic) bond motifs is 1. The normalized spacial score (nSPS) is 17.6. The Labute approximate surface area is 224 Å². The topological polar surface area (TPSA) is 43.3 Å². The van der Waals surface area contributed by atoms with E-state index in [4.69, 9.17) is 4.74 Å². The van der Waals surface area contributed by atoms with E-state index in [2.05, 4.69) is 57.4 Å². The molecule has 1 N–H and O–H groups in total. The summed E-state index contributed by atoms with van der Waals surface area (Å²) in [5.74, 6) is 0.362. The molecule has 36 heavy (non-hydrogen) atoms. The Morgan fingerprint density at radius 1 is 1.08 bits per heavy atom. The van der Waals surface area contributed by atoms with Gasteiger partial charge < -0.3 is 0 Å². The third-order valence-electron chi connectivity index (χ3n) is 8.26. The molecular weight excluding hydrogens is 551 g/mol. The Hall–Kier alpha value is -1.01. The van der Waals surface area contributed by atoms with Crippen LogP contribution in [0.3, 0.4) is 0 Å². The maximum absolute atomic E-state index is 13.3. The summed E-state index contributed by atoms with van der Waals surface area (Å²) in [5.41, 5.74) is 1.80. The van der Waals surface area contributed by atoms with E-state index in [0.717, 1.165) is 12.1 Å². The van der Waals surface area contributed by atoms with Crippen LogP contribution < -0.4 is 8.90 Å². The Morgan fingerprint density at radius 2 is 1.69 bits per heavy atom. The molecule has 0 radical (unpaired) electrons. The monoisotopic (exact) mass is 604 g/mol. The van der Waals surface area contributed by atoms with Gasteiger partial charge in [0.2, 0.25) is 0 Å². The molecule has 2 aromatic rings. The number of nitrogens with one attached hydrogen (secondary N) is 1. The number of hydrogen-bond donors (Lipinski definition) is 1. The van der Waals surface area contributed by atoms with E-state index in [1.807, 2.05) is 20.8 Å². The van der Waals surface area contributed by atoms with E-state index >= 15 is 0 Å². The van der Waals surface area contributed by atoms with Crippen molar-refractivity contribution in [2.75, 3.05) is 6.54 Å². The van der Waals surface area contributed by atoms with E-state index in [1.54, 1.807) is 8.15 Å². The van der Waals surface area contributed by atoms with Crippen LogP contribution in [0.4, 0.5) is 4.79 Å². The van der Waals surface area contributed by atoms with Crippen LogP contribution in [0.5, 0.6) is 0 Å². The molecule has 1 saturated heterocycles. The van der Waals surface area contributed by atoms with Crippen molar-refractivity contribution in [1.82, 2.24) is 9.88 Å². The Balaban J connectivity index is 2.15. The van der Waals surface area contributed by atoms with Crippen molar-refractivity contribution in [3.05, 3.63) is 30.0 Å². The van der Waals surface area contributed by atoms with Gasteiger partial charge in [-0.05, 0) is 0 Å². The third kappa shape index (κ3) is 7.09. The number of ether oxygens (including phenoxy) is 1. The fourth-order valence-electron chi connectivity index (χ4n) is 6.12. The minimum atomic E-state index is -2.59. The van der Waals surface area contributed by atoms with Crippen molar-refractivity contribution in [1.29, 1.82) is 0 Å². The quantitative estimate of drug-likeness (QED) is 0.248. The fraction of sp³-hybridized carbons (Fsp3) is 0.710. The van der Waals surface area contributed by atoms with Crippen molar-refractivity contribution in [2.45, 2.75) is 131 Å². The number of benzene rings is 1. The van der Waals surface area contributed by atoms with Gasteiger partial charge in [-0.1, -0.05) is 0 Å². The van der Waals surface area contributed by atoms with Gasteiger partial charge in [0.05, 0.1) is 0 Å². The van der Waals surface area contributed by atoms with Gasteiger partial charge in [0.15, 0.2) is 0 Å². The number of rotatable bonds is 12. The molecule has 1 aliphatic heterocycles. The summed E-state index contributed by atoms with van der Waals surface area (Å²) < 4.78 is 13.7. The van der Waals surface area contributed by atoms with Crippen LogP contribution in [0, 0.1) is 0 Å². The summed E-state index contributed by atoms with van der Waals surface area (Å²) in [6.07, 6.45) is 12.2. The zero-order valence-corrected chi connectivity index (χ0v) is 27.1. The SMILES string of the molecule is CCC[CH2][Sn]([CH2]CCC)([CH2]CCC)[c]1ccc2c(c1)c(C(C)[C@H]1CCCN1)cn2C(=O)OC(C)(C)C. The summed E-state index contributed by atoms with van der Waals surface area (Å²) in [6.45, 7) is 16.3. The Bertz CT molecular complexity index is 963. The molecular formula is C31H52N2O2Sn. The van der Waals surface area contributed by atoms with Crippen molar-refractivity contribution >= 4 is 39.0 Å². The first-order valence-electron chi connectivity index (χ1n) is 14.8. The predicted octanol–water partition coefficient (Wildman–Crippen LogP) is 8.34. The molecule has 1 fully saturated rings. The summed E-state index contributed by atoms with van der Waals surface area (Å²) in [4.78, 5) is 13.3. The molecule has 0 aliphatic carbocycles. The second-order valence-electron chi connectivity index (χ2n) is 12.2. The summed E-state index contributed by atoms with van der Waals surface area (Å²) >= 11 is -2.59. The summed E-state index contributed by atoms with van der Waals surface area (Å²) in [6, 6.07) is 7.69. The van der Waals surface area contributed by atoms with Crippen LogP contribution in [0.15, 0.2) is 24.4 Å². The minimum absolute atomic E-state index is 0.268. The van der Waals surface area contributed by atoms with E-state index in [0.29, 0.717) is 12.0 Å². The molecule has 202 valence electrons. The summed E-state index contributed by atoms with van der Waals surface area (Å²) in [7, 11) is 0. The van der Waals surface area contributed by atoms with Gasteiger partial charge in [-0.3, -0.25) is 0 Å². The molecule has 1 aromatic heterocycles. The van der Waals surface area contributed by atoms with Crippen LogP contribution >= 0.6 is 0 Å². The maximum atomic E-state index is 13.3. The fourth-order valence-corrected chi connectivity index (χ4v) is 22.1. The van der Waals surface area contributed by atoms with Gasteiger partial charge in [-0.2, -0.15) is 0 Å². The van der Waals surface area contributed by atoms with E-state index in [-0.39, 0.29) is 6.09 Å². The van der Waals surface area contributed by atoms with Gasteiger partial charge in [0.1, 0.15) is 0 Å². The van der Waals surface area contributed by atoms with Crippen molar-refractivity contribution in [3.63, 3.8) is 0 Å². The Morgan fingerprint density at radius 3 is 2.19 bits per heavy atom. The van der Waals surface area contributed by atoms with Gasteiger partial charge in [0.25, 0.3) is 0 Å². The van der Waals surface area contributed by atoms with E-state index in [9.17, 15) is 4.79 Å². The molecule has 4 nitrogen and oxygen atoms in total. The number of carbonyl (C=O) groups excluding carboxylic acids is 1. The molecule has 0 amide bonds. The van der Waals surface area contributed by atoms with Gasteiger partial charge in [-0.15, -0.1) is 0 Å². The van der Waals surface area contributed by atoms with Crippen molar-refractivity contribution in [2.24, 2.45) is 0 Å². The first-order chi connectivity index (χ1) is 17.2. The molecule has 1 aliphatic rings. The number of hydrogen-bond acceptors (Lipinski definition) is 3. The van der Waals surface area contributed by atoms with Crippen molar-refractivity contribution in [3.8, 4) is 0 Å². The van der Waals surface area contributed by atoms with Gasteiger partial charge in [0, 0.05) is 0 Å².